The molecule has 0 radical (unpaired) electrons. The lowest BCUT2D eigenvalue weighted by molar-refractivity contribution is -0.134. The molecule has 31 heavy (non-hydrogen) atoms. The van der Waals surface area contributed by atoms with Crippen LogP contribution in [-0.4, -0.2) is 55.7 Å². The Morgan fingerprint density at radius 3 is 2.19 bits per heavy atom. The zero-order valence-electron chi connectivity index (χ0n) is 17.9. The van der Waals surface area contributed by atoms with Crippen molar-refractivity contribution in [1.29, 1.82) is 0 Å². The number of likely N-dealkylation sites (N-methyl/N-ethyl adjacent to an activating group) is 1. The second kappa shape index (κ2) is 11.3. The number of nitrogens with zero attached hydrogens (tertiary/aromatic N) is 2. The third-order valence-electron chi connectivity index (χ3n) is 4.77. The van der Waals surface area contributed by atoms with Crippen LogP contribution in [0.4, 0.5) is 0 Å². The SMILES string of the molecule is CCN(Cc1ccccc1)C(=O)COC(=O)c1ccc(Cl)c(S(=O)(=O)N(CC)CC)c1. The van der Waals surface area contributed by atoms with Gasteiger partial charge in [-0.3, -0.25) is 4.79 Å². The summed E-state index contributed by atoms with van der Waals surface area (Å²) in [6.45, 7) is 6.23. The molecule has 2 aromatic carbocycles. The zero-order chi connectivity index (χ0) is 23.0. The highest BCUT2D eigenvalue weighted by Gasteiger charge is 2.26. The maximum absolute atomic E-state index is 12.8. The van der Waals surface area contributed by atoms with Crippen LogP contribution in [0.5, 0.6) is 0 Å². The minimum Gasteiger partial charge on any atom is -0.452 e. The van der Waals surface area contributed by atoms with Crippen molar-refractivity contribution in [3.8, 4) is 0 Å². The van der Waals surface area contributed by atoms with Crippen molar-refractivity contribution in [1.82, 2.24) is 9.21 Å². The molecule has 0 unspecified atom stereocenters. The van der Waals surface area contributed by atoms with Gasteiger partial charge in [0.1, 0.15) is 4.90 Å². The van der Waals surface area contributed by atoms with Crippen LogP contribution in [0.3, 0.4) is 0 Å². The van der Waals surface area contributed by atoms with Gasteiger partial charge in [-0.2, -0.15) is 4.31 Å². The van der Waals surface area contributed by atoms with Crippen LogP contribution >= 0.6 is 11.6 Å². The van der Waals surface area contributed by atoms with Crippen molar-refractivity contribution in [2.75, 3.05) is 26.2 Å². The summed E-state index contributed by atoms with van der Waals surface area (Å²) in [6, 6.07) is 13.4. The summed E-state index contributed by atoms with van der Waals surface area (Å²) in [5.41, 5.74) is 0.974. The van der Waals surface area contributed by atoms with Gasteiger partial charge in [0.05, 0.1) is 10.6 Å². The molecule has 168 valence electrons. The first-order valence-corrected chi connectivity index (χ1v) is 11.8. The molecule has 1 amide bonds. The predicted octanol–water partition coefficient (Wildman–Crippen LogP) is 3.58. The number of carbonyl (C=O) groups excluding carboxylic acids is 2. The molecule has 9 heteroatoms. The number of hydrogen-bond donors (Lipinski definition) is 0. The number of rotatable bonds is 10. The molecule has 2 aromatic rings. The normalized spacial score (nSPS) is 11.4. The molecule has 0 fully saturated rings. The van der Waals surface area contributed by atoms with Crippen LogP contribution in [0.1, 0.15) is 36.7 Å². The molecule has 0 aliphatic heterocycles. The Balaban J connectivity index is 2.11. The van der Waals surface area contributed by atoms with Crippen molar-refractivity contribution in [3.05, 3.63) is 64.7 Å². The third-order valence-corrected chi connectivity index (χ3v) is 7.30. The first kappa shape index (κ1) is 24.8. The fourth-order valence-electron chi connectivity index (χ4n) is 3.01. The molecule has 0 saturated heterocycles. The zero-order valence-corrected chi connectivity index (χ0v) is 19.4. The Labute approximate surface area is 188 Å². The highest BCUT2D eigenvalue weighted by atomic mass is 35.5. The number of carbonyl (C=O) groups is 2. The lowest BCUT2D eigenvalue weighted by Gasteiger charge is -2.21. The van der Waals surface area contributed by atoms with Gasteiger partial charge in [0.2, 0.25) is 10.0 Å². The maximum Gasteiger partial charge on any atom is 0.338 e. The maximum atomic E-state index is 12.8. The largest absolute Gasteiger partial charge is 0.452 e. The van der Waals surface area contributed by atoms with Gasteiger partial charge in [0.25, 0.3) is 5.91 Å². The topological polar surface area (TPSA) is 84.0 Å². The fraction of sp³-hybridized carbons (Fsp3) is 0.364. The molecule has 7 nitrogen and oxygen atoms in total. The van der Waals surface area contributed by atoms with Crippen molar-refractivity contribution in [2.45, 2.75) is 32.2 Å². The van der Waals surface area contributed by atoms with E-state index in [0.29, 0.717) is 13.1 Å². The van der Waals surface area contributed by atoms with E-state index < -0.39 is 22.6 Å². The highest BCUT2D eigenvalue weighted by molar-refractivity contribution is 7.89. The standard InChI is InChI=1S/C22H27ClN2O5S/c1-4-24(15-17-10-8-7-9-11-17)21(26)16-30-22(27)18-12-13-19(23)20(14-18)31(28,29)25(5-2)6-3/h7-14H,4-6,15-16H2,1-3H3. The van der Waals surface area contributed by atoms with Crippen LogP contribution in [0.15, 0.2) is 53.4 Å². The molecule has 0 aromatic heterocycles. The molecule has 2 rings (SSSR count). The van der Waals surface area contributed by atoms with Gasteiger partial charge in [-0.05, 0) is 30.7 Å². The number of sulfonamides is 1. The molecule has 0 aliphatic carbocycles. The molecule has 0 bridgehead atoms. The average molecular weight is 467 g/mol. The first-order chi connectivity index (χ1) is 14.7. The van der Waals surface area contributed by atoms with Gasteiger partial charge >= 0.3 is 5.97 Å². The Kier molecular flexibility index (Phi) is 9.03. The van der Waals surface area contributed by atoms with E-state index in [0.717, 1.165) is 5.56 Å². The van der Waals surface area contributed by atoms with E-state index in [9.17, 15) is 18.0 Å². The van der Waals surface area contributed by atoms with Gasteiger partial charge in [-0.1, -0.05) is 55.8 Å². The van der Waals surface area contributed by atoms with Crippen LogP contribution < -0.4 is 0 Å². The number of amides is 1. The van der Waals surface area contributed by atoms with Crippen LogP contribution in [0, 0.1) is 0 Å². The number of benzene rings is 2. The van der Waals surface area contributed by atoms with Crippen molar-refractivity contribution in [2.24, 2.45) is 0 Å². The minimum atomic E-state index is -3.85. The smallest absolute Gasteiger partial charge is 0.338 e. The Bertz CT molecular complexity index is 1010. The molecular weight excluding hydrogens is 440 g/mol. The van der Waals surface area contributed by atoms with Crippen LogP contribution in [0.25, 0.3) is 0 Å². The van der Waals surface area contributed by atoms with E-state index >= 15 is 0 Å². The summed E-state index contributed by atoms with van der Waals surface area (Å²) in [5, 5.41) is 0.0135. The van der Waals surface area contributed by atoms with Gasteiger partial charge in [-0.15, -0.1) is 0 Å². The van der Waals surface area contributed by atoms with E-state index in [2.05, 4.69) is 0 Å². The Morgan fingerprint density at radius 2 is 1.61 bits per heavy atom. The molecule has 0 aliphatic rings. The second-order valence-corrected chi connectivity index (χ2v) is 9.02. The van der Waals surface area contributed by atoms with E-state index in [-0.39, 0.29) is 34.5 Å². The Morgan fingerprint density at radius 1 is 0.968 bits per heavy atom. The lowest BCUT2D eigenvalue weighted by Crippen LogP contribution is -2.34. The lowest BCUT2D eigenvalue weighted by atomic mass is 10.2. The van der Waals surface area contributed by atoms with Crippen molar-refractivity contribution >= 4 is 33.5 Å². The average Bonchev–Trinajstić information content (AvgIpc) is 2.77. The van der Waals surface area contributed by atoms with Crippen molar-refractivity contribution in [3.63, 3.8) is 0 Å². The monoisotopic (exact) mass is 466 g/mol. The predicted molar refractivity (Wildman–Crippen MR) is 119 cm³/mol. The van der Waals surface area contributed by atoms with Gasteiger partial charge in [0.15, 0.2) is 6.61 Å². The fourth-order valence-corrected chi connectivity index (χ4v) is 4.97. The summed E-state index contributed by atoms with van der Waals surface area (Å²) in [5.74, 6) is -1.14. The van der Waals surface area contributed by atoms with Gasteiger partial charge in [0, 0.05) is 26.2 Å². The van der Waals surface area contributed by atoms with Crippen LogP contribution in [0.2, 0.25) is 5.02 Å². The van der Waals surface area contributed by atoms with Crippen molar-refractivity contribution < 1.29 is 22.7 Å². The number of hydrogen-bond acceptors (Lipinski definition) is 5. The van der Waals surface area contributed by atoms with Crippen LogP contribution in [-0.2, 0) is 26.1 Å². The summed E-state index contributed by atoms with van der Waals surface area (Å²) < 4.78 is 32.0. The summed E-state index contributed by atoms with van der Waals surface area (Å²) in [6.07, 6.45) is 0. The first-order valence-electron chi connectivity index (χ1n) is 10.0. The molecule has 0 saturated carbocycles. The number of esters is 1. The third kappa shape index (κ3) is 6.29. The molecule has 0 heterocycles. The van der Waals surface area contributed by atoms with E-state index in [1.807, 2.05) is 37.3 Å². The molecule has 0 atom stereocenters. The number of halogens is 1. The highest BCUT2D eigenvalue weighted by Crippen LogP contribution is 2.26. The second-order valence-electron chi connectivity index (χ2n) is 6.70. The van der Waals surface area contributed by atoms with E-state index in [1.165, 1.54) is 22.5 Å². The summed E-state index contributed by atoms with van der Waals surface area (Å²) in [4.78, 5) is 26.4. The Hall–Kier alpha value is -2.42. The van der Waals surface area contributed by atoms with E-state index in [4.69, 9.17) is 16.3 Å². The van der Waals surface area contributed by atoms with E-state index in [1.54, 1.807) is 18.7 Å². The summed E-state index contributed by atoms with van der Waals surface area (Å²) in [7, 11) is -3.85. The molecule has 0 spiro atoms. The quantitative estimate of drug-likeness (QED) is 0.500. The summed E-state index contributed by atoms with van der Waals surface area (Å²) >= 11 is 6.09. The minimum absolute atomic E-state index is 0.00837. The number of ether oxygens (including phenoxy) is 1. The van der Waals surface area contributed by atoms with Gasteiger partial charge < -0.3 is 9.64 Å². The molecule has 0 N–H and O–H groups in total. The van der Waals surface area contributed by atoms with Gasteiger partial charge in [-0.25, -0.2) is 13.2 Å². The molecular formula is C22H27ClN2O5S.